The van der Waals surface area contributed by atoms with Crippen LogP contribution in [0.1, 0.15) is 19.8 Å². The first-order chi connectivity index (χ1) is 7.15. The summed E-state index contributed by atoms with van der Waals surface area (Å²) in [6.45, 7) is 2.91. The summed E-state index contributed by atoms with van der Waals surface area (Å²) in [6, 6.07) is -0.401. The highest BCUT2D eigenvalue weighted by Gasteiger charge is 2.43. The maximum Gasteiger partial charge on any atom is 0.350 e. The third-order valence-electron chi connectivity index (χ3n) is 2.96. The second kappa shape index (κ2) is 3.79. The van der Waals surface area contributed by atoms with Gasteiger partial charge in [-0.1, -0.05) is 0 Å². The molecule has 2 fully saturated rings. The molecule has 0 aromatic carbocycles. The minimum absolute atomic E-state index is 0.0611. The van der Waals surface area contributed by atoms with E-state index in [1.807, 2.05) is 5.01 Å². The predicted molar refractivity (Wildman–Crippen MR) is 53.4 cm³/mol. The molecule has 0 saturated carbocycles. The summed E-state index contributed by atoms with van der Waals surface area (Å²) in [4.78, 5) is 23.3. The zero-order chi connectivity index (χ0) is 11.0. The highest BCUT2D eigenvalue weighted by Crippen LogP contribution is 2.24. The Morgan fingerprint density at radius 1 is 1.53 bits per heavy atom. The van der Waals surface area contributed by atoms with Crippen LogP contribution >= 0.6 is 0 Å². The van der Waals surface area contributed by atoms with Crippen molar-refractivity contribution in [2.24, 2.45) is 0 Å². The zero-order valence-corrected chi connectivity index (χ0v) is 9.06. The number of hydrazine groups is 2. The summed E-state index contributed by atoms with van der Waals surface area (Å²) in [5.41, 5.74) is 2.82. The van der Waals surface area contributed by atoms with E-state index < -0.39 is 0 Å². The van der Waals surface area contributed by atoms with Gasteiger partial charge in [0.15, 0.2) is 5.78 Å². The number of carbonyl (C=O) groups excluding carboxylic acids is 2. The van der Waals surface area contributed by atoms with Gasteiger partial charge in [0.2, 0.25) is 0 Å². The first kappa shape index (κ1) is 10.4. The van der Waals surface area contributed by atoms with Crippen molar-refractivity contribution < 1.29 is 9.59 Å². The minimum atomic E-state index is -0.274. The van der Waals surface area contributed by atoms with E-state index in [1.54, 1.807) is 19.0 Å². The molecule has 15 heavy (non-hydrogen) atoms. The smallest absolute Gasteiger partial charge is 0.298 e. The van der Waals surface area contributed by atoms with E-state index in [9.17, 15) is 9.59 Å². The van der Waals surface area contributed by atoms with E-state index in [1.165, 1.54) is 5.01 Å². The lowest BCUT2D eigenvalue weighted by atomic mass is 10.1. The Labute approximate surface area is 88.7 Å². The standard InChI is InChI=1S/C9H16N4O2/c1-7(14)8-4-3-5-11-6-12(10-2)9(15)13(8)11/h8,10H,3-6H2,1-2H3. The Balaban J connectivity index is 2.20. The molecular weight excluding hydrogens is 196 g/mol. The zero-order valence-electron chi connectivity index (χ0n) is 9.06. The number of ketones is 1. The van der Waals surface area contributed by atoms with Crippen molar-refractivity contribution in [1.82, 2.24) is 20.5 Å². The van der Waals surface area contributed by atoms with Crippen molar-refractivity contribution in [3.63, 3.8) is 0 Å². The van der Waals surface area contributed by atoms with Crippen molar-refractivity contribution in [1.29, 1.82) is 0 Å². The van der Waals surface area contributed by atoms with Gasteiger partial charge in [-0.15, -0.1) is 0 Å². The molecule has 0 aromatic rings. The number of Topliss-reactive ketones (excluding diaryl/α,β-unsaturated/α-hetero) is 1. The Kier molecular flexibility index (Phi) is 2.62. The molecule has 2 aliphatic heterocycles. The molecule has 0 spiro atoms. The molecule has 84 valence electrons. The summed E-state index contributed by atoms with van der Waals surface area (Å²) < 4.78 is 0. The van der Waals surface area contributed by atoms with Crippen LogP contribution in [-0.4, -0.2) is 53.1 Å². The monoisotopic (exact) mass is 212 g/mol. The fourth-order valence-corrected chi connectivity index (χ4v) is 2.18. The highest BCUT2D eigenvalue weighted by molar-refractivity contribution is 5.87. The van der Waals surface area contributed by atoms with Gasteiger partial charge in [0.1, 0.15) is 12.7 Å². The molecule has 0 bridgehead atoms. The molecule has 1 unspecified atom stereocenters. The van der Waals surface area contributed by atoms with Gasteiger partial charge in [0.05, 0.1) is 0 Å². The lowest BCUT2D eigenvalue weighted by molar-refractivity contribution is -0.128. The maximum atomic E-state index is 11.9. The molecule has 1 N–H and O–H groups in total. The van der Waals surface area contributed by atoms with Crippen LogP contribution in [0.2, 0.25) is 0 Å². The Hall–Kier alpha value is -1.14. The van der Waals surface area contributed by atoms with Crippen LogP contribution in [0.25, 0.3) is 0 Å². The number of hydrogen-bond donors (Lipinski definition) is 1. The van der Waals surface area contributed by atoms with Crippen molar-refractivity contribution in [3.8, 4) is 0 Å². The van der Waals surface area contributed by atoms with Crippen molar-refractivity contribution in [3.05, 3.63) is 0 Å². The molecule has 0 aromatic heterocycles. The van der Waals surface area contributed by atoms with Gasteiger partial charge < -0.3 is 0 Å². The second-order valence-corrected chi connectivity index (χ2v) is 3.92. The molecule has 6 nitrogen and oxygen atoms in total. The molecule has 1 atom stereocenters. The molecule has 2 amide bonds. The molecule has 6 heteroatoms. The topological polar surface area (TPSA) is 55.9 Å². The van der Waals surface area contributed by atoms with Gasteiger partial charge >= 0.3 is 6.03 Å². The van der Waals surface area contributed by atoms with Gasteiger partial charge in [0, 0.05) is 13.6 Å². The third kappa shape index (κ3) is 1.59. The SMILES string of the molecule is CNN1CN2CCCC(C(C)=O)N2C1=O. The normalized spacial score (nSPS) is 27.1. The van der Waals surface area contributed by atoms with Gasteiger partial charge in [-0.25, -0.2) is 20.2 Å². The number of fused-ring (bicyclic) bond motifs is 1. The molecule has 2 heterocycles. The molecule has 0 radical (unpaired) electrons. The van der Waals surface area contributed by atoms with Gasteiger partial charge in [-0.3, -0.25) is 4.79 Å². The number of carbonyl (C=O) groups is 2. The number of hydrogen-bond acceptors (Lipinski definition) is 4. The number of rotatable bonds is 2. The molecule has 0 aliphatic carbocycles. The number of nitrogens with one attached hydrogen (secondary N) is 1. The van der Waals surface area contributed by atoms with Gasteiger partial charge in [0.25, 0.3) is 0 Å². The average Bonchev–Trinajstić information content (AvgIpc) is 2.55. The van der Waals surface area contributed by atoms with Crippen LogP contribution < -0.4 is 5.43 Å². The lowest BCUT2D eigenvalue weighted by Crippen LogP contribution is -2.53. The Morgan fingerprint density at radius 3 is 2.87 bits per heavy atom. The number of urea groups is 1. The van der Waals surface area contributed by atoms with Crippen molar-refractivity contribution in [2.75, 3.05) is 20.3 Å². The molecule has 2 saturated heterocycles. The average molecular weight is 212 g/mol. The summed E-state index contributed by atoms with van der Waals surface area (Å²) >= 11 is 0. The lowest BCUT2D eigenvalue weighted by Gasteiger charge is -2.36. The van der Waals surface area contributed by atoms with Crippen LogP contribution in [0.5, 0.6) is 0 Å². The van der Waals surface area contributed by atoms with E-state index >= 15 is 0 Å². The van der Waals surface area contributed by atoms with E-state index in [2.05, 4.69) is 5.43 Å². The Bertz CT molecular complexity index is 294. The van der Waals surface area contributed by atoms with E-state index in [0.29, 0.717) is 6.67 Å². The summed E-state index contributed by atoms with van der Waals surface area (Å²) in [5.74, 6) is 0.0611. The number of amides is 2. The van der Waals surface area contributed by atoms with E-state index in [-0.39, 0.29) is 17.9 Å². The first-order valence-corrected chi connectivity index (χ1v) is 5.18. The largest absolute Gasteiger partial charge is 0.350 e. The minimum Gasteiger partial charge on any atom is -0.298 e. The fourth-order valence-electron chi connectivity index (χ4n) is 2.18. The van der Waals surface area contributed by atoms with Crippen LogP contribution in [-0.2, 0) is 4.79 Å². The maximum absolute atomic E-state index is 11.9. The van der Waals surface area contributed by atoms with E-state index in [0.717, 1.165) is 19.4 Å². The Morgan fingerprint density at radius 2 is 2.27 bits per heavy atom. The quantitative estimate of drug-likeness (QED) is 0.688. The van der Waals surface area contributed by atoms with Crippen LogP contribution in [0.3, 0.4) is 0 Å². The van der Waals surface area contributed by atoms with E-state index in [4.69, 9.17) is 0 Å². The second-order valence-electron chi connectivity index (χ2n) is 3.92. The summed E-state index contributed by atoms with van der Waals surface area (Å²) in [7, 11) is 1.71. The van der Waals surface area contributed by atoms with Gasteiger partial charge in [-0.2, -0.15) is 5.01 Å². The summed E-state index contributed by atoms with van der Waals surface area (Å²) in [6.07, 6.45) is 1.74. The molecule has 2 rings (SSSR count). The fraction of sp³-hybridized carbons (Fsp3) is 0.778. The molecule has 2 aliphatic rings. The van der Waals surface area contributed by atoms with Crippen LogP contribution in [0.4, 0.5) is 4.79 Å². The summed E-state index contributed by atoms with van der Waals surface area (Å²) in [5, 5.41) is 5.03. The number of nitrogens with zero attached hydrogens (tertiary/aromatic N) is 3. The first-order valence-electron chi connectivity index (χ1n) is 5.18. The highest BCUT2D eigenvalue weighted by atomic mass is 16.2. The molecular formula is C9H16N4O2. The van der Waals surface area contributed by atoms with Gasteiger partial charge in [-0.05, 0) is 19.8 Å². The van der Waals surface area contributed by atoms with Crippen molar-refractivity contribution >= 4 is 11.8 Å². The van der Waals surface area contributed by atoms with Crippen LogP contribution in [0, 0.1) is 0 Å². The third-order valence-corrected chi connectivity index (χ3v) is 2.96. The predicted octanol–water partition coefficient (Wildman–Crippen LogP) is -0.216. The van der Waals surface area contributed by atoms with Crippen molar-refractivity contribution in [2.45, 2.75) is 25.8 Å². The van der Waals surface area contributed by atoms with Crippen LogP contribution in [0.15, 0.2) is 0 Å².